The number of aromatic amines is 1. The number of carbonyl (C=O) groups excluding carboxylic acids is 1. The van der Waals surface area contributed by atoms with E-state index in [1.165, 1.54) is 0 Å². The molecule has 3 heterocycles. The van der Waals surface area contributed by atoms with Gasteiger partial charge in [0.25, 0.3) is 11.5 Å². The number of aryl methyl sites for hydroxylation is 1. The standard InChI is InChI=1S/C22H17N3O3S/c26-20-15-8-2-3-9-16(15)23-22(28)25(20)19-12-11-18(29-19)21(27)24-13-5-7-14-6-1-4-10-17(14)24/h1-4,6,8-12H,5,7,13H2,(H,23,28). The highest BCUT2D eigenvalue weighted by atomic mass is 32.1. The molecule has 1 N–H and O–H groups in total. The molecule has 2 aromatic carbocycles. The number of benzene rings is 2. The Bertz CT molecular complexity index is 1370. The molecule has 4 aromatic rings. The molecular formula is C22H17N3O3S. The van der Waals surface area contributed by atoms with Gasteiger partial charge >= 0.3 is 5.69 Å². The molecule has 0 radical (unpaired) electrons. The molecule has 0 saturated heterocycles. The molecule has 1 aliphatic heterocycles. The summed E-state index contributed by atoms with van der Waals surface area (Å²) in [4.78, 5) is 43.5. The number of carbonyl (C=O) groups is 1. The maximum atomic E-state index is 13.2. The summed E-state index contributed by atoms with van der Waals surface area (Å²) in [7, 11) is 0. The van der Waals surface area contributed by atoms with Crippen LogP contribution in [0.2, 0.25) is 0 Å². The molecule has 0 fully saturated rings. The summed E-state index contributed by atoms with van der Waals surface area (Å²) in [5, 5.41) is 0.856. The Kier molecular flexibility index (Phi) is 4.17. The minimum absolute atomic E-state index is 0.112. The van der Waals surface area contributed by atoms with Gasteiger partial charge in [-0.2, -0.15) is 0 Å². The van der Waals surface area contributed by atoms with E-state index in [9.17, 15) is 14.4 Å². The maximum absolute atomic E-state index is 13.2. The number of nitrogens with zero attached hydrogens (tertiary/aromatic N) is 2. The average molecular weight is 403 g/mol. The fraction of sp³-hybridized carbons (Fsp3) is 0.136. The van der Waals surface area contributed by atoms with Crippen LogP contribution in [0.3, 0.4) is 0 Å². The zero-order valence-electron chi connectivity index (χ0n) is 15.4. The molecular weight excluding hydrogens is 386 g/mol. The van der Waals surface area contributed by atoms with Crippen molar-refractivity contribution in [2.45, 2.75) is 12.8 Å². The molecule has 29 heavy (non-hydrogen) atoms. The predicted octanol–water partition coefficient (Wildman–Crippen LogP) is 3.33. The van der Waals surface area contributed by atoms with Crippen molar-refractivity contribution < 1.29 is 4.79 Å². The van der Waals surface area contributed by atoms with Crippen LogP contribution in [-0.4, -0.2) is 22.0 Å². The Labute approximate surface area is 169 Å². The predicted molar refractivity (Wildman–Crippen MR) is 114 cm³/mol. The van der Waals surface area contributed by atoms with Crippen molar-refractivity contribution in [3.8, 4) is 5.00 Å². The van der Waals surface area contributed by atoms with E-state index < -0.39 is 11.2 Å². The average Bonchev–Trinajstić information content (AvgIpc) is 3.22. The lowest BCUT2D eigenvalue weighted by Crippen LogP contribution is -2.35. The minimum Gasteiger partial charge on any atom is -0.307 e. The lowest BCUT2D eigenvalue weighted by atomic mass is 10.0. The highest BCUT2D eigenvalue weighted by Crippen LogP contribution is 2.30. The van der Waals surface area contributed by atoms with E-state index in [0.717, 1.165) is 40.0 Å². The first-order valence-corrected chi connectivity index (χ1v) is 10.2. The summed E-state index contributed by atoms with van der Waals surface area (Å²) in [6, 6.07) is 18.1. The molecule has 6 nitrogen and oxygen atoms in total. The van der Waals surface area contributed by atoms with Crippen molar-refractivity contribution in [2.75, 3.05) is 11.4 Å². The quantitative estimate of drug-likeness (QED) is 0.558. The van der Waals surface area contributed by atoms with Crippen molar-refractivity contribution in [1.82, 2.24) is 9.55 Å². The zero-order valence-corrected chi connectivity index (χ0v) is 16.2. The smallest absolute Gasteiger partial charge is 0.307 e. The summed E-state index contributed by atoms with van der Waals surface area (Å²) in [6.07, 6.45) is 1.86. The highest BCUT2D eigenvalue weighted by Gasteiger charge is 2.25. The highest BCUT2D eigenvalue weighted by molar-refractivity contribution is 7.16. The minimum atomic E-state index is -0.516. The number of amides is 1. The second kappa shape index (κ2) is 6.86. The molecule has 0 bridgehead atoms. The lowest BCUT2D eigenvalue weighted by molar-refractivity contribution is 0.0989. The number of nitrogens with one attached hydrogen (secondary N) is 1. The topological polar surface area (TPSA) is 75.2 Å². The molecule has 0 spiro atoms. The Morgan fingerprint density at radius 1 is 0.966 bits per heavy atom. The van der Waals surface area contributed by atoms with Gasteiger partial charge in [-0.05, 0) is 48.7 Å². The molecule has 0 aliphatic carbocycles. The molecule has 5 rings (SSSR count). The Balaban J connectivity index is 1.56. The van der Waals surface area contributed by atoms with Crippen molar-refractivity contribution >= 4 is 33.8 Å². The normalized spacial score (nSPS) is 13.4. The van der Waals surface area contributed by atoms with Gasteiger partial charge in [-0.25, -0.2) is 9.36 Å². The number of fused-ring (bicyclic) bond motifs is 2. The van der Waals surface area contributed by atoms with Crippen molar-refractivity contribution in [1.29, 1.82) is 0 Å². The Morgan fingerprint density at radius 2 is 1.76 bits per heavy atom. The van der Waals surface area contributed by atoms with Crippen molar-refractivity contribution in [3.63, 3.8) is 0 Å². The third-order valence-electron chi connectivity index (χ3n) is 5.18. The van der Waals surface area contributed by atoms with Crippen LogP contribution < -0.4 is 16.1 Å². The first kappa shape index (κ1) is 17.6. The molecule has 0 saturated carbocycles. The number of hydrogen-bond donors (Lipinski definition) is 1. The van der Waals surface area contributed by atoms with Crippen molar-refractivity contribution in [3.05, 3.63) is 91.9 Å². The van der Waals surface area contributed by atoms with Crippen LogP contribution in [0.5, 0.6) is 0 Å². The van der Waals surface area contributed by atoms with E-state index in [-0.39, 0.29) is 5.91 Å². The summed E-state index contributed by atoms with van der Waals surface area (Å²) in [5.74, 6) is -0.112. The summed E-state index contributed by atoms with van der Waals surface area (Å²) >= 11 is 1.15. The van der Waals surface area contributed by atoms with Crippen LogP contribution in [0, 0.1) is 0 Å². The van der Waals surface area contributed by atoms with E-state index in [1.807, 2.05) is 24.3 Å². The van der Waals surface area contributed by atoms with Gasteiger partial charge in [0.15, 0.2) is 0 Å². The van der Waals surface area contributed by atoms with Gasteiger partial charge < -0.3 is 9.88 Å². The van der Waals surface area contributed by atoms with Crippen LogP contribution in [0.25, 0.3) is 15.9 Å². The number of anilines is 1. The summed E-state index contributed by atoms with van der Waals surface area (Å²) < 4.78 is 1.09. The molecule has 144 valence electrons. The second-order valence-corrected chi connectivity index (χ2v) is 8.01. The fourth-order valence-corrected chi connectivity index (χ4v) is 4.76. The Morgan fingerprint density at radius 3 is 2.66 bits per heavy atom. The SMILES string of the molecule is O=C(c1ccc(-n2c(=O)[nH]c3ccccc3c2=O)s1)N1CCCc2ccccc21. The molecule has 0 unspecified atom stereocenters. The largest absolute Gasteiger partial charge is 0.334 e. The summed E-state index contributed by atoms with van der Waals surface area (Å²) in [6.45, 7) is 0.652. The number of thiophene rings is 1. The molecule has 7 heteroatoms. The van der Waals surface area contributed by atoms with E-state index in [4.69, 9.17) is 0 Å². The van der Waals surface area contributed by atoms with Crippen molar-refractivity contribution in [2.24, 2.45) is 0 Å². The van der Waals surface area contributed by atoms with Gasteiger partial charge in [0.2, 0.25) is 0 Å². The van der Waals surface area contributed by atoms with Crippen LogP contribution in [0.15, 0.2) is 70.3 Å². The number of H-pyrrole nitrogens is 1. The van der Waals surface area contributed by atoms with Crippen LogP contribution in [0.1, 0.15) is 21.7 Å². The molecule has 1 aliphatic rings. The van der Waals surface area contributed by atoms with E-state index in [0.29, 0.717) is 27.3 Å². The summed E-state index contributed by atoms with van der Waals surface area (Å²) in [5.41, 5.74) is 1.67. The monoisotopic (exact) mass is 403 g/mol. The number of para-hydroxylation sites is 2. The molecule has 2 aromatic heterocycles. The molecule has 1 amide bonds. The van der Waals surface area contributed by atoms with E-state index >= 15 is 0 Å². The molecule has 0 atom stereocenters. The number of rotatable bonds is 2. The van der Waals surface area contributed by atoms with Gasteiger partial charge in [-0.3, -0.25) is 9.59 Å². The zero-order chi connectivity index (χ0) is 20.0. The van der Waals surface area contributed by atoms with Crippen LogP contribution in [-0.2, 0) is 6.42 Å². The Hall–Kier alpha value is -3.45. The van der Waals surface area contributed by atoms with Crippen LogP contribution >= 0.6 is 11.3 Å². The number of aromatic nitrogens is 2. The van der Waals surface area contributed by atoms with E-state index in [1.54, 1.807) is 41.3 Å². The van der Waals surface area contributed by atoms with E-state index in [2.05, 4.69) is 4.98 Å². The first-order valence-electron chi connectivity index (χ1n) is 9.37. The van der Waals surface area contributed by atoms with Gasteiger partial charge in [-0.15, -0.1) is 11.3 Å². The third-order valence-corrected chi connectivity index (χ3v) is 6.24. The lowest BCUT2D eigenvalue weighted by Gasteiger charge is -2.29. The van der Waals surface area contributed by atoms with Gasteiger partial charge in [0.1, 0.15) is 5.00 Å². The fourth-order valence-electron chi connectivity index (χ4n) is 3.80. The van der Waals surface area contributed by atoms with Gasteiger partial charge in [0, 0.05) is 12.2 Å². The maximum Gasteiger partial charge on any atom is 0.334 e. The second-order valence-electron chi connectivity index (χ2n) is 6.94. The van der Waals surface area contributed by atoms with Gasteiger partial charge in [-0.1, -0.05) is 30.3 Å². The van der Waals surface area contributed by atoms with Crippen LogP contribution in [0.4, 0.5) is 5.69 Å². The van der Waals surface area contributed by atoms with Gasteiger partial charge in [0.05, 0.1) is 15.8 Å². The first-order chi connectivity index (χ1) is 14.1. The third kappa shape index (κ3) is 2.91. The number of hydrogen-bond acceptors (Lipinski definition) is 4.